The zero-order chi connectivity index (χ0) is 20.6. The molecule has 8 nitrogen and oxygen atoms in total. The molecule has 1 aromatic rings. The third-order valence-corrected chi connectivity index (χ3v) is 4.13. The highest BCUT2D eigenvalue weighted by Crippen LogP contribution is 2.02. The maximum absolute atomic E-state index is 11.9. The van der Waals surface area contributed by atoms with E-state index in [1.807, 2.05) is 30.3 Å². The number of amides is 2. The normalized spacial score (nSPS) is 11.5. The topological polar surface area (TPSA) is 131 Å². The molecule has 0 aliphatic rings. The molecule has 156 valence electrons. The number of nitrogens with two attached hydrogens (primary N) is 1. The Hall–Kier alpha value is -2.61. The van der Waals surface area contributed by atoms with Crippen molar-refractivity contribution in [2.45, 2.75) is 57.6 Å². The van der Waals surface area contributed by atoms with Gasteiger partial charge in [-0.1, -0.05) is 36.8 Å². The van der Waals surface area contributed by atoms with Crippen molar-refractivity contribution in [3.05, 3.63) is 35.9 Å². The smallest absolute Gasteiger partial charge is 0.407 e. The van der Waals surface area contributed by atoms with Gasteiger partial charge in [-0.2, -0.15) is 0 Å². The van der Waals surface area contributed by atoms with Crippen LogP contribution in [0.2, 0.25) is 0 Å². The van der Waals surface area contributed by atoms with E-state index in [0.29, 0.717) is 38.8 Å². The number of carboxylic acid groups (broad SMARTS) is 1. The van der Waals surface area contributed by atoms with E-state index in [0.717, 1.165) is 18.4 Å². The molecule has 0 unspecified atom stereocenters. The van der Waals surface area contributed by atoms with E-state index in [-0.39, 0.29) is 18.9 Å². The molecule has 1 atom stereocenters. The molecular weight excluding hydrogens is 362 g/mol. The van der Waals surface area contributed by atoms with Crippen LogP contribution < -0.4 is 16.4 Å². The van der Waals surface area contributed by atoms with Gasteiger partial charge in [0.05, 0.1) is 6.04 Å². The SMILES string of the molecule is N[C@@H](CCCCNC(=O)OCc1ccccc1)C(=O)NCCCCCC(=O)O. The van der Waals surface area contributed by atoms with Crippen molar-refractivity contribution in [2.75, 3.05) is 13.1 Å². The summed E-state index contributed by atoms with van der Waals surface area (Å²) in [4.78, 5) is 33.8. The first kappa shape index (κ1) is 23.4. The molecule has 2 amide bonds. The molecule has 0 fully saturated rings. The molecule has 0 bridgehead atoms. The first-order valence-electron chi connectivity index (χ1n) is 9.68. The van der Waals surface area contributed by atoms with Gasteiger partial charge in [-0.05, 0) is 37.7 Å². The summed E-state index contributed by atoms with van der Waals surface area (Å²) >= 11 is 0. The van der Waals surface area contributed by atoms with Gasteiger partial charge in [0.25, 0.3) is 0 Å². The third-order valence-electron chi connectivity index (χ3n) is 4.13. The lowest BCUT2D eigenvalue weighted by Crippen LogP contribution is -2.41. The zero-order valence-electron chi connectivity index (χ0n) is 16.2. The number of alkyl carbamates (subject to hydrolysis) is 1. The van der Waals surface area contributed by atoms with Gasteiger partial charge < -0.3 is 26.2 Å². The minimum atomic E-state index is -0.801. The van der Waals surface area contributed by atoms with Crippen molar-refractivity contribution in [2.24, 2.45) is 5.73 Å². The van der Waals surface area contributed by atoms with Crippen LogP contribution in [0, 0.1) is 0 Å². The molecule has 5 N–H and O–H groups in total. The number of carbonyl (C=O) groups is 3. The van der Waals surface area contributed by atoms with Gasteiger partial charge in [-0.3, -0.25) is 9.59 Å². The highest BCUT2D eigenvalue weighted by atomic mass is 16.5. The lowest BCUT2D eigenvalue weighted by atomic mass is 10.1. The highest BCUT2D eigenvalue weighted by Gasteiger charge is 2.12. The number of rotatable bonds is 14. The summed E-state index contributed by atoms with van der Waals surface area (Å²) in [6.07, 6.45) is 3.75. The van der Waals surface area contributed by atoms with E-state index < -0.39 is 18.1 Å². The van der Waals surface area contributed by atoms with E-state index in [4.69, 9.17) is 15.6 Å². The lowest BCUT2D eigenvalue weighted by Gasteiger charge is -2.12. The van der Waals surface area contributed by atoms with Crippen LogP contribution in [0.25, 0.3) is 0 Å². The lowest BCUT2D eigenvalue weighted by molar-refractivity contribution is -0.137. The van der Waals surface area contributed by atoms with Gasteiger partial charge in [0.15, 0.2) is 0 Å². The van der Waals surface area contributed by atoms with Crippen molar-refractivity contribution in [3.8, 4) is 0 Å². The fourth-order valence-corrected chi connectivity index (χ4v) is 2.51. The summed E-state index contributed by atoms with van der Waals surface area (Å²) in [5.41, 5.74) is 6.78. The molecule has 0 aromatic heterocycles. The van der Waals surface area contributed by atoms with Gasteiger partial charge in [0.2, 0.25) is 5.91 Å². The summed E-state index contributed by atoms with van der Waals surface area (Å²) in [7, 11) is 0. The molecule has 0 saturated carbocycles. The predicted molar refractivity (Wildman–Crippen MR) is 106 cm³/mol. The van der Waals surface area contributed by atoms with Gasteiger partial charge in [0, 0.05) is 19.5 Å². The van der Waals surface area contributed by atoms with Crippen LogP contribution >= 0.6 is 0 Å². The summed E-state index contributed by atoms with van der Waals surface area (Å²) in [6.45, 7) is 1.19. The van der Waals surface area contributed by atoms with Crippen molar-refractivity contribution in [1.82, 2.24) is 10.6 Å². The molecule has 0 aliphatic heterocycles. The van der Waals surface area contributed by atoms with Gasteiger partial charge in [0.1, 0.15) is 6.61 Å². The summed E-state index contributed by atoms with van der Waals surface area (Å²) in [5.74, 6) is -1.00. The molecule has 8 heteroatoms. The fourth-order valence-electron chi connectivity index (χ4n) is 2.51. The van der Waals surface area contributed by atoms with E-state index in [2.05, 4.69) is 10.6 Å². The standard InChI is InChI=1S/C20H31N3O5/c21-17(19(26)22-13-7-2-5-12-18(24)25)11-6-8-14-23-20(27)28-15-16-9-3-1-4-10-16/h1,3-4,9-10,17H,2,5-8,11-15,21H2,(H,22,26)(H,23,27)(H,24,25)/t17-/m0/s1. The van der Waals surface area contributed by atoms with Crippen LogP contribution in [-0.2, 0) is 20.9 Å². The largest absolute Gasteiger partial charge is 0.481 e. The van der Waals surface area contributed by atoms with Crippen LogP contribution in [0.3, 0.4) is 0 Å². The van der Waals surface area contributed by atoms with Crippen molar-refractivity contribution >= 4 is 18.0 Å². The van der Waals surface area contributed by atoms with Crippen LogP contribution in [0.15, 0.2) is 30.3 Å². The van der Waals surface area contributed by atoms with Crippen molar-refractivity contribution < 1.29 is 24.2 Å². The Morgan fingerprint density at radius 2 is 1.64 bits per heavy atom. The van der Waals surface area contributed by atoms with Crippen LogP contribution in [0.1, 0.15) is 50.5 Å². The Morgan fingerprint density at radius 3 is 2.36 bits per heavy atom. The molecule has 0 spiro atoms. The molecule has 0 saturated heterocycles. The first-order chi connectivity index (χ1) is 13.5. The maximum Gasteiger partial charge on any atom is 0.407 e. The average Bonchev–Trinajstić information content (AvgIpc) is 2.69. The van der Waals surface area contributed by atoms with Crippen LogP contribution in [0.4, 0.5) is 4.79 Å². The van der Waals surface area contributed by atoms with E-state index in [1.165, 1.54) is 0 Å². The van der Waals surface area contributed by atoms with Gasteiger partial charge in [-0.15, -0.1) is 0 Å². The Bertz CT molecular complexity index is 595. The Kier molecular flexibility index (Phi) is 12.1. The molecule has 1 rings (SSSR count). The van der Waals surface area contributed by atoms with E-state index in [1.54, 1.807) is 0 Å². The number of benzene rings is 1. The monoisotopic (exact) mass is 393 g/mol. The quantitative estimate of drug-likeness (QED) is 0.358. The molecule has 28 heavy (non-hydrogen) atoms. The maximum atomic E-state index is 11.9. The first-order valence-corrected chi connectivity index (χ1v) is 9.68. The predicted octanol–water partition coefficient (Wildman–Crippen LogP) is 2.17. The Balaban J connectivity index is 1.98. The zero-order valence-corrected chi connectivity index (χ0v) is 16.2. The number of ether oxygens (including phenoxy) is 1. The third kappa shape index (κ3) is 11.9. The van der Waals surface area contributed by atoms with E-state index >= 15 is 0 Å². The number of unbranched alkanes of at least 4 members (excludes halogenated alkanes) is 3. The molecule has 0 aliphatic carbocycles. The number of hydrogen-bond acceptors (Lipinski definition) is 5. The minimum Gasteiger partial charge on any atom is -0.481 e. The second-order valence-corrected chi connectivity index (χ2v) is 6.59. The summed E-state index contributed by atoms with van der Waals surface area (Å²) < 4.78 is 5.11. The van der Waals surface area contributed by atoms with E-state index in [9.17, 15) is 14.4 Å². The number of aliphatic carboxylic acids is 1. The summed E-state index contributed by atoms with van der Waals surface area (Å²) in [5, 5.41) is 14.0. The van der Waals surface area contributed by atoms with Crippen LogP contribution in [0.5, 0.6) is 0 Å². The number of nitrogens with one attached hydrogen (secondary N) is 2. The molecule has 0 radical (unpaired) electrons. The molecular formula is C20H31N3O5. The Labute approximate surface area is 165 Å². The van der Waals surface area contributed by atoms with Crippen molar-refractivity contribution in [1.29, 1.82) is 0 Å². The minimum absolute atomic E-state index is 0.154. The fraction of sp³-hybridized carbons (Fsp3) is 0.550. The summed E-state index contributed by atoms with van der Waals surface area (Å²) in [6, 6.07) is 8.86. The molecule has 1 aromatic carbocycles. The number of carboxylic acids is 1. The number of hydrogen-bond donors (Lipinski definition) is 4. The van der Waals surface area contributed by atoms with Crippen molar-refractivity contribution in [3.63, 3.8) is 0 Å². The van der Waals surface area contributed by atoms with Crippen LogP contribution in [-0.4, -0.2) is 42.2 Å². The van der Waals surface area contributed by atoms with Gasteiger partial charge >= 0.3 is 12.1 Å². The second kappa shape index (κ2) is 14.4. The molecule has 0 heterocycles. The Morgan fingerprint density at radius 1 is 0.964 bits per heavy atom. The second-order valence-electron chi connectivity index (χ2n) is 6.59. The van der Waals surface area contributed by atoms with Gasteiger partial charge in [-0.25, -0.2) is 4.79 Å². The average molecular weight is 393 g/mol. The highest BCUT2D eigenvalue weighted by molar-refractivity contribution is 5.81. The number of carbonyl (C=O) groups excluding carboxylic acids is 2.